The number of nitrogens with zero attached hydrogens (tertiary/aromatic N) is 1. The van der Waals surface area contributed by atoms with Crippen LogP contribution < -0.4 is 4.90 Å². The highest BCUT2D eigenvalue weighted by atomic mass is 79.9. The molecule has 1 N–H and O–H groups in total. The first kappa shape index (κ1) is 15.8. The van der Waals surface area contributed by atoms with Crippen LogP contribution in [0.1, 0.15) is 57.6 Å². The largest absolute Gasteiger partial charge is 0.389 e. The Kier molecular flexibility index (Phi) is 5.91. The maximum atomic E-state index is 9.70. The summed E-state index contributed by atoms with van der Waals surface area (Å²) >= 11 is 3.58. The first-order valence-corrected chi connectivity index (χ1v) is 8.63. The van der Waals surface area contributed by atoms with Crippen LogP contribution >= 0.6 is 15.9 Å². The molecule has 112 valence electrons. The van der Waals surface area contributed by atoms with Crippen LogP contribution in [0.5, 0.6) is 0 Å². The minimum atomic E-state index is -0.420. The molecule has 2 atom stereocenters. The molecule has 2 rings (SSSR count). The quantitative estimate of drug-likeness (QED) is 0.842. The fourth-order valence-electron chi connectivity index (χ4n) is 3.17. The summed E-state index contributed by atoms with van der Waals surface area (Å²) in [6.45, 7) is 6.40. The van der Waals surface area contributed by atoms with Crippen LogP contribution in [0.2, 0.25) is 0 Å². The highest BCUT2D eigenvalue weighted by molar-refractivity contribution is 9.10. The average molecular weight is 340 g/mol. The van der Waals surface area contributed by atoms with E-state index < -0.39 is 6.10 Å². The zero-order valence-corrected chi connectivity index (χ0v) is 14.2. The van der Waals surface area contributed by atoms with E-state index in [2.05, 4.69) is 39.9 Å². The van der Waals surface area contributed by atoms with Crippen molar-refractivity contribution in [3.05, 3.63) is 28.2 Å². The first-order valence-electron chi connectivity index (χ1n) is 7.84. The van der Waals surface area contributed by atoms with Crippen LogP contribution in [0.4, 0.5) is 5.69 Å². The van der Waals surface area contributed by atoms with Gasteiger partial charge in [-0.2, -0.15) is 0 Å². The molecule has 3 heteroatoms. The van der Waals surface area contributed by atoms with E-state index in [9.17, 15) is 5.11 Å². The molecule has 1 saturated heterocycles. The lowest BCUT2D eigenvalue weighted by atomic mass is 9.96. The maximum absolute atomic E-state index is 9.70. The molecular weight excluding hydrogens is 314 g/mol. The fourth-order valence-corrected chi connectivity index (χ4v) is 3.87. The van der Waals surface area contributed by atoms with E-state index in [1.54, 1.807) is 6.92 Å². The molecule has 1 unspecified atom stereocenters. The Balaban J connectivity index is 2.06. The molecule has 1 fully saturated rings. The van der Waals surface area contributed by atoms with E-state index in [4.69, 9.17) is 0 Å². The Morgan fingerprint density at radius 1 is 1.35 bits per heavy atom. The van der Waals surface area contributed by atoms with Crippen LogP contribution in [-0.4, -0.2) is 18.2 Å². The molecule has 0 bridgehead atoms. The number of hydrogen-bond acceptors (Lipinski definition) is 2. The zero-order valence-electron chi connectivity index (χ0n) is 12.6. The van der Waals surface area contributed by atoms with Crippen molar-refractivity contribution < 1.29 is 5.11 Å². The van der Waals surface area contributed by atoms with E-state index in [-0.39, 0.29) is 0 Å². The molecular formula is C17H26BrNO. The molecule has 1 aromatic carbocycles. The maximum Gasteiger partial charge on any atom is 0.0772 e. The van der Waals surface area contributed by atoms with Gasteiger partial charge < -0.3 is 10.0 Å². The van der Waals surface area contributed by atoms with Crippen molar-refractivity contribution in [3.63, 3.8) is 0 Å². The predicted octanol–water partition coefficient (Wildman–Crippen LogP) is 4.91. The number of anilines is 1. The van der Waals surface area contributed by atoms with Gasteiger partial charge in [0.15, 0.2) is 0 Å². The van der Waals surface area contributed by atoms with E-state index in [0.717, 1.165) is 29.0 Å². The fraction of sp³-hybridized carbons (Fsp3) is 0.647. The molecule has 0 spiro atoms. The molecule has 1 aliphatic heterocycles. The summed E-state index contributed by atoms with van der Waals surface area (Å²) in [6.07, 6.45) is 6.23. The third-order valence-corrected chi connectivity index (χ3v) is 5.03. The average Bonchev–Trinajstić information content (AvgIpc) is 2.64. The van der Waals surface area contributed by atoms with E-state index in [1.807, 2.05) is 6.07 Å². The van der Waals surface area contributed by atoms with Crippen LogP contribution in [0.15, 0.2) is 22.7 Å². The van der Waals surface area contributed by atoms with Gasteiger partial charge in [-0.15, -0.1) is 0 Å². The van der Waals surface area contributed by atoms with Gasteiger partial charge in [0.25, 0.3) is 0 Å². The van der Waals surface area contributed by atoms with E-state index in [0.29, 0.717) is 0 Å². The topological polar surface area (TPSA) is 23.5 Å². The Morgan fingerprint density at radius 2 is 2.15 bits per heavy atom. The summed E-state index contributed by atoms with van der Waals surface area (Å²) < 4.78 is 1.01. The lowest BCUT2D eigenvalue weighted by Crippen LogP contribution is -2.24. The second-order valence-corrected chi connectivity index (χ2v) is 6.81. The summed E-state index contributed by atoms with van der Waals surface area (Å²) in [6, 6.07) is 6.34. The van der Waals surface area contributed by atoms with Gasteiger partial charge in [0.2, 0.25) is 0 Å². The third kappa shape index (κ3) is 3.98. The molecule has 1 aromatic rings. The second-order valence-electron chi connectivity index (χ2n) is 5.95. The zero-order chi connectivity index (χ0) is 14.5. The molecule has 20 heavy (non-hydrogen) atoms. The highest BCUT2D eigenvalue weighted by Crippen LogP contribution is 2.30. The van der Waals surface area contributed by atoms with E-state index in [1.165, 1.54) is 37.8 Å². The van der Waals surface area contributed by atoms with Gasteiger partial charge >= 0.3 is 0 Å². The van der Waals surface area contributed by atoms with Crippen LogP contribution in [-0.2, 0) is 0 Å². The summed E-state index contributed by atoms with van der Waals surface area (Å²) in [5, 5.41) is 9.70. The monoisotopic (exact) mass is 339 g/mol. The van der Waals surface area contributed by atoms with Gasteiger partial charge in [0, 0.05) is 23.2 Å². The molecule has 0 amide bonds. The van der Waals surface area contributed by atoms with Crippen molar-refractivity contribution in [2.24, 2.45) is 5.92 Å². The number of benzene rings is 1. The summed E-state index contributed by atoms with van der Waals surface area (Å²) in [5.74, 6) is 0.908. The van der Waals surface area contributed by atoms with Gasteiger partial charge in [-0.1, -0.05) is 41.8 Å². The van der Waals surface area contributed by atoms with Crippen LogP contribution in [0, 0.1) is 5.92 Å². The van der Waals surface area contributed by atoms with Crippen molar-refractivity contribution in [2.75, 3.05) is 18.0 Å². The lowest BCUT2D eigenvalue weighted by Gasteiger charge is -2.24. The summed E-state index contributed by atoms with van der Waals surface area (Å²) in [7, 11) is 0. The summed E-state index contributed by atoms with van der Waals surface area (Å²) in [5.41, 5.74) is 2.24. The number of aliphatic hydroxyl groups is 1. The second kappa shape index (κ2) is 7.46. The molecule has 0 aliphatic carbocycles. The van der Waals surface area contributed by atoms with E-state index >= 15 is 0 Å². The van der Waals surface area contributed by atoms with Crippen molar-refractivity contribution >= 4 is 21.6 Å². The molecule has 2 nitrogen and oxygen atoms in total. The number of halogens is 1. The Morgan fingerprint density at radius 3 is 2.80 bits per heavy atom. The lowest BCUT2D eigenvalue weighted by molar-refractivity contribution is 0.198. The van der Waals surface area contributed by atoms with Crippen LogP contribution in [0.3, 0.4) is 0 Å². The predicted molar refractivity (Wildman–Crippen MR) is 89.2 cm³/mol. The molecule has 0 radical (unpaired) electrons. The molecule has 0 aromatic heterocycles. The van der Waals surface area contributed by atoms with Gasteiger partial charge in [-0.25, -0.2) is 0 Å². The smallest absolute Gasteiger partial charge is 0.0772 e. The molecule has 1 aliphatic rings. The first-order chi connectivity index (χ1) is 9.61. The third-order valence-electron chi connectivity index (χ3n) is 4.34. The van der Waals surface area contributed by atoms with Crippen molar-refractivity contribution in [1.29, 1.82) is 0 Å². The number of rotatable bonds is 4. The standard InChI is InChI=1S/C17H26BrNO/c1-3-5-14-6-4-10-19(11-9-14)15-7-8-16(13(2)20)17(18)12-15/h7-8,12-14,20H,3-6,9-11H2,1-2H3/t13-,14?/m0/s1. The Bertz CT molecular complexity index is 433. The molecule has 0 saturated carbocycles. The van der Waals surface area contributed by atoms with Crippen LogP contribution in [0.25, 0.3) is 0 Å². The van der Waals surface area contributed by atoms with Gasteiger partial charge in [0.1, 0.15) is 0 Å². The SMILES string of the molecule is CCCC1CCCN(c2ccc([C@H](C)O)c(Br)c2)CC1. The normalized spacial score (nSPS) is 21.6. The van der Waals surface area contributed by atoms with Crippen molar-refractivity contribution in [2.45, 2.75) is 52.1 Å². The minimum Gasteiger partial charge on any atom is -0.389 e. The number of aliphatic hydroxyl groups excluding tert-OH is 1. The minimum absolute atomic E-state index is 0.420. The molecule has 1 heterocycles. The summed E-state index contributed by atoms with van der Waals surface area (Å²) in [4.78, 5) is 2.49. The number of hydrogen-bond donors (Lipinski definition) is 1. The van der Waals surface area contributed by atoms with Crippen molar-refractivity contribution in [1.82, 2.24) is 0 Å². The highest BCUT2D eigenvalue weighted by Gasteiger charge is 2.17. The van der Waals surface area contributed by atoms with Gasteiger partial charge in [0.05, 0.1) is 6.10 Å². The van der Waals surface area contributed by atoms with Gasteiger partial charge in [-0.05, 0) is 49.8 Å². The Hall–Kier alpha value is -0.540. The van der Waals surface area contributed by atoms with Gasteiger partial charge in [-0.3, -0.25) is 0 Å². The van der Waals surface area contributed by atoms with Crippen molar-refractivity contribution in [3.8, 4) is 0 Å². The Labute approximate surface area is 131 Å².